The van der Waals surface area contributed by atoms with E-state index in [-0.39, 0.29) is 36.0 Å². The summed E-state index contributed by atoms with van der Waals surface area (Å²) in [5.74, 6) is -0.385. The summed E-state index contributed by atoms with van der Waals surface area (Å²) >= 11 is 1.61. The summed E-state index contributed by atoms with van der Waals surface area (Å²) in [4.78, 5) is 44.2. The number of likely N-dealkylation sites (tertiary alicyclic amines) is 1. The molecule has 0 atom stereocenters. The summed E-state index contributed by atoms with van der Waals surface area (Å²) in [6.45, 7) is 4.92. The number of amides is 3. The number of imide groups is 1. The predicted molar refractivity (Wildman–Crippen MR) is 115 cm³/mol. The van der Waals surface area contributed by atoms with E-state index in [0.717, 1.165) is 22.9 Å². The fourth-order valence-corrected chi connectivity index (χ4v) is 4.83. The van der Waals surface area contributed by atoms with Crippen LogP contribution >= 0.6 is 11.8 Å². The fourth-order valence-electron chi connectivity index (χ4n) is 3.81. The third kappa shape index (κ3) is 4.90. The van der Waals surface area contributed by atoms with E-state index in [1.54, 1.807) is 34.5 Å². The Balaban J connectivity index is 1.30. The molecule has 2 aromatic rings. The summed E-state index contributed by atoms with van der Waals surface area (Å²) in [6.07, 6.45) is 3.09. The number of piperidine rings is 2. The van der Waals surface area contributed by atoms with Crippen molar-refractivity contribution < 1.29 is 19.1 Å². The monoisotopic (exact) mass is 459 g/mol. The van der Waals surface area contributed by atoms with Gasteiger partial charge in [-0.3, -0.25) is 9.59 Å². The van der Waals surface area contributed by atoms with Crippen LogP contribution in [0.2, 0.25) is 0 Å². The predicted octanol–water partition coefficient (Wildman–Crippen LogP) is 2.04. The maximum atomic E-state index is 12.5. The Hall–Kier alpha value is -3.02. The molecule has 0 N–H and O–H groups in total. The van der Waals surface area contributed by atoms with Crippen molar-refractivity contribution in [2.75, 3.05) is 18.0 Å². The van der Waals surface area contributed by atoms with Crippen LogP contribution in [0, 0.1) is 5.41 Å². The van der Waals surface area contributed by atoms with Crippen LogP contribution in [0.5, 0.6) is 5.88 Å². The maximum Gasteiger partial charge on any atom is 0.416 e. The molecule has 4 heterocycles. The zero-order chi connectivity index (χ0) is 22.9. The molecule has 0 aliphatic carbocycles. The van der Waals surface area contributed by atoms with Gasteiger partial charge in [-0.2, -0.15) is 0 Å². The summed E-state index contributed by atoms with van der Waals surface area (Å²) in [5.41, 5.74) is 0.0383. The molecule has 0 aromatic carbocycles. The van der Waals surface area contributed by atoms with Gasteiger partial charge in [0.1, 0.15) is 0 Å². The Labute approximate surface area is 189 Å². The molecule has 11 nitrogen and oxygen atoms in total. The third-order valence-corrected chi connectivity index (χ3v) is 6.84. The molecule has 0 unspecified atom stereocenters. The van der Waals surface area contributed by atoms with Crippen molar-refractivity contribution in [1.82, 2.24) is 30.1 Å². The summed E-state index contributed by atoms with van der Waals surface area (Å²) in [7, 11) is 1.80. The van der Waals surface area contributed by atoms with Crippen molar-refractivity contribution in [3.63, 3.8) is 0 Å². The minimum atomic E-state index is -0.471. The SMILES string of the molecule is Cn1nnnc1SC1CCN(C(=O)Oc2ccc(N3C(=O)CC(C)(C)CC3=O)cn2)CC1. The molecule has 12 heteroatoms. The Morgan fingerprint density at radius 2 is 1.84 bits per heavy atom. The van der Waals surface area contributed by atoms with Crippen molar-refractivity contribution in [1.29, 1.82) is 0 Å². The third-order valence-electron chi connectivity index (χ3n) is 5.48. The lowest BCUT2D eigenvalue weighted by molar-refractivity contribution is -0.132. The Kier molecular flexibility index (Phi) is 6.13. The van der Waals surface area contributed by atoms with Gasteiger partial charge in [0.2, 0.25) is 22.9 Å². The number of carbonyl (C=O) groups excluding carboxylic acids is 3. The van der Waals surface area contributed by atoms with Gasteiger partial charge in [-0.25, -0.2) is 19.4 Å². The quantitative estimate of drug-likeness (QED) is 0.632. The van der Waals surface area contributed by atoms with Crippen LogP contribution in [0.4, 0.5) is 10.5 Å². The highest BCUT2D eigenvalue weighted by atomic mass is 32.2. The molecular formula is C20H25N7O4S. The number of ether oxygens (including phenoxy) is 1. The first kappa shape index (κ1) is 22.2. The number of nitrogens with zero attached hydrogens (tertiary/aromatic N) is 7. The van der Waals surface area contributed by atoms with Gasteiger partial charge < -0.3 is 9.64 Å². The van der Waals surface area contributed by atoms with Crippen molar-refractivity contribution in [3.8, 4) is 5.88 Å². The van der Waals surface area contributed by atoms with E-state index in [2.05, 4.69) is 20.5 Å². The van der Waals surface area contributed by atoms with Gasteiger partial charge in [0.15, 0.2) is 0 Å². The topological polar surface area (TPSA) is 123 Å². The fraction of sp³-hybridized carbons (Fsp3) is 0.550. The van der Waals surface area contributed by atoms with E-state index < -0.39 is 6.09 Å². The van der Waals surface area contributed by atoms with E-state index >= 15 is 0 Å². The molecule has 2 aliphatic rings. The molecule has 2 aromatic heterocycles. The number of hydrogen-bond acceptors (Lipinski definition) is 9. The molecule has 0 spiro atoms. The van der Waals surface area contributed by atoms with Crippen LogP contribution in [-0.2, 0) is 16.6 Å². The van der Waals surface area contributed by atoms with Crippen LogP contribution in [0.1, 0.15) is 39.5 Å². The molecule has 32 heavy (non-hydrogen) atoms. The first-order valence-electron chi connectivity index (χ1n) is 10.4. The molecule has 4 rings (SSSR count). The van der Waals surface area contributed by atoms with E-state index in [0.29, 0.717) is 24.0 Å². The maximum absolute atomic E-state index is 12.5. The molecule has 3 amide bonds. The lowest BCUT2D eigenvalue weighted by Crippen LogP contribution is -2.46. The number of tetrazole rings is 1. The number of anilines is 1. The van der Waals surface area contributed by atoms with Gasteiger partial charge in [0.05, 0.1) is 11.9 Å². The summed E-state index contributed by atoms with van der Waals surface area (Å²) < 4.78 is 7.02. The molecule has 2 aliphatic heterocycles. The molecule has 0 bridgehead atoms. The first-order valence-corrected chi connectivity index (χ1v) is 11.3. The second kappa shape index (κ2) is 8.85. The first-order chi connectivity index (χ1) is 15.2. The number of pyridine rings is 1. The zero-order valence-corrected chi connectivity index (χ0v) is 19.0. The van der Waals surface area contributed by atoms with Gasteiger partial charge in [0.25, 0.3) is 0 Å². The van der Waals surface area contributed by atoms with Crippen LogP contribution in [0.25, 0.3) is 0 Å². The molecule has 2 saturated heterocycles. The second-order valence-electron chi connectivity index (χ2n) is 8.75. The van der Waals surface area contributed by atoms with Gasteiger partial charge in [-0.1, -0.05) is 25.6 Å². The molecule has 0 radical (unpaired) electrons. The summed E-state index contributed by atoms with van der Waals surface area (Å²) in [5, 5.41) is 12.5. The van der Waals surface area contributed by atoms with Gasteiger partial charge in [-0.15, -0.1) is 5.10 Å². The van der Waals surface area contributed by atoms with Crippen molar-refractivity contribution >= 4 is 35.4 Å². The lowest BCUT2D eigenvalue weighted by atomic mass is 9.81. The van der Waals surface area contributed by atoms with Crippen molar-refractivity contribution in [3.05, 3.63) is 18.3 Å². The van der Waals surface area contributed by atoms with Crippen LogP contribution in [0.15, 0.2) is 23.5 Å². The van der Waals surface area contributed by atoms with Crippen molar-refractivity contribution in [2.45, 2.75) is 49.9 Å². The van der Waals surface area contributed by atoms with E-state index in [1.807, 2.05) is 13.8 Å². The second-order valence-corrected chi connectivity index (χ2v) is 10.0. The van der Waals surface area contributed by atoms with Crippen molar-refractivity contribution in [2.24, 2.45) is 12.5 Å². The molecule has 170 valence electrons. The van der Waals surface area contributed by atoms with E-state index in [4.69, 9.17) is 4.74 Å². The zero-order valence-electron chi connectivity index (χ0n) is 18.2. The van der Waals surface area contributed by atoms with Gasteiger partial charge >= 0.3 is 6.09 Å². The number of carbonyl (C=O) groups is 3. The number of hydrogen-bond donors (Lipinski definition) is 0. The number of aryl methyl sites for hydroxylation is 1. The van der Waals surface area contributed by atoms with E-state index in [1.165, 1.54) is 12.3 Å². The number of thioether (sulfide) groups is 1. The van der Waals surface area contributed by atoms with Crippen LogP contribution in [-0.4, -0.2) is 66.3 Å². The minimum Gasteiger partial charge on any atom is -0.391 e. The van der Waals surface area contributed by atoms with Crippen LogP contribution < -0.4 is 9.64 Å². The average molecular weight is 460 g/mol. The Morgan fingerprint density at radius 1 is 1.16 bits per heavy atom. The number of aromatic nitrogens is 5. The average Bonchev–Trinajstić information content (AvgIpc) is 3.13. The lowest BCUT2D eigenvalue weighted by Gasteiger charge is -2.34. The minimum absolute atomic E-state index is 0.123. The largest absolute Gasteiger partial charge is 0.416 e. The summed E-state index contributed by atoms with van der Waals surface area (Å²) in [6, 6.07) is 3.07. The molecular weight excluding hydrogens is 434 g/mol. The smallest absolute Gasteiger partial charge is 0.391 e. The Morgan fingerprint density at radius 3 is 2.41 bits per heavy atom. The molecule has 0 saturated carbocycles. The Bertz CT molecular complexity index is 995. The van der Waals surface area contributed by atoms with E-state index in [9.17, 15) is 14.4 Å². The highest BCUT2D eigenvalue weighted by Gasteiger charge is 2.38. The van der Waals surface area contributed by atoms with Gasteiger partial charge in [-0.05, 0) is 34.7 Å². The molecule has 2 fully saturated rings. The van der Waals surface area contributed by atoms with Crippen LogP contribution in [0.3, 0.4) is 0 Å². The van der Waals surface area contributed by atoms with Gasteiger partial charge in [0, 0.05) is 44.3 Å². The highest BCUT2D eigenvalue weighted by Crippen LogP contribution is 2.34. The normalized spacial score (nSPS) is 19.3. The number of rotatable bonds is 4. The highest BCUT2D eigenvalue weighted by molar-refractivity contribution is 7.99. The standard InChI is InChI=1S/C20H25N7O4S/c1-20(2)10-16(28)27(17(29)11-20)13-4-5-15(21-12-13)31-19(30)26-8-6-14(7-9-26)32-18-22-23-24-25(18)3/h4-5,12,14H,6-11H2,1-3H3.